The minimum Gasteiger partial charge on any atom is -0.383 e. The summed E-state index contributed by atoms with van der Waals surface area (Å²) in [7, 11) is 3.39. The fourth-order valence-corrected chi connectivity index (χ4v) is 3.19. The van der Waals surface area contributed by atoms with Gasteiger partial charge in [0.25, 0.3) is 0 Å². The molecule has 1 fully saturated rings. The van der Waals surface area contributed by atoms with Crippen LogP contribution in [-0.4, -0.2) is 49.4 Å². The second kappa shape index (κ2) is 7.00. The lowest BCUT2D eigenvalue weighted by Gasteiger charge is -2.40. The Hall–Kier alpha value is -0.470. The summed E-state index contributed by atoms with van der Waals surface area (Å²) >= 11 is 3.54. The van der Waals surface area contributed by atoms with E-state index in [9.17, 15) is 0 Å². The molecule has 0 amide bonds. The van der Waals surface area contributed by atoms with E-state index < -0.39 is 5.60 Å². The van der Waals surface area contributed by atoms with Crippen molar-refractivity contribution in [3.05, 3.63) is 16.4 Å². The Balaban J connectivity index is 2.26. The van der Waals surface area contributed by atoms with Crippen molar-refractivity contribution in [3.63, 3.8) is 0 Å². The summed E-state index contributed by atoms with van der Waals surface area (Å²) in [5.41, 5.74) is 7.07. The first-order valence-electron chi connectivity index (χ1n) is 6.73. The number of aromatic nitrogens is 2. The molecular weight excluding hydrogens is 326 g/mol. The third-order valence-electron chi connectivity index (χ3n) is 3.95. The highest BCUT2D eigenvalue weighted by atomic mass is 79.9. The van der Waals surface area contributed by atoms with Gasteiger partial charge in [-0.05, 0) is 15.9 Å². The van der Waals surface area contributed by atoms with Crippen LogP contribution in [0.2, 0.25) is 0 Å². The van der Waals surface area contributed by atoms with Crippen molar-refractivity contribution < 1.29 is 14.2 Å². The Labute approximate surface area is 127 Å². The molecule has 1 aliphatic heterocycles. The largest absolute Gasteiger partial charge is 0.383 e. The average Bonchev–Trinajstić information content (AvgIpc) is 2.85. The molecule has 1 saturated heterocycles. The number of hydrogen-bond acceptors (Lipinski definition) is 5. The lowest BCUT2D eigenvalue weighted by molar-refractivity contribution is -0.106. The normalized spacial score (nSPS) is 20.0. The van der Waals surface area contributed by atoms with Gasteiger partial charge in [-0.1, -0.05) is 0 Å². The average molecular weight is 348 g/mol. The number of hydrogen-bond donors (Lipinski definition) is 1. The van der Waals surface area contributed by atoms with Crippen LogP contribution < -0.4 is 5.73 Å². The van der Waals surface area contributed by atoms with E-state index in [1.165, 1.54) is 0 Å². The molecule has 0 spiro atoms. The summed E-state index contributed by atoms with van der Waals surface area (Å²) < 4.78 is 19.1. The van der Waals surface area contributed by atoms with Crippen molar-refractivity contribution in [1.82, 2.24) is 9.78 Å². The summed E-state index contributed by atoms with van der Waals surface area (Å²) in [5, 5.41) is 4.36. The smallest absolute Gasteiger partial charge is 0.0929 e. The fraction of sp³-hybridized carbons (Fsp3) is 0.769. The van der Waals surface area contributed by atoms with E-state index in [1.807, 2.05) is 4.68 Å². The number of nitrogens with two attached hydrogens (primary N) is 1. The maximum atomic E-state index is 6.52. The summed E-state index contributed by atoms with van der Waals surface area (Å²) in [5.74, 6) is 0. The van der Waals surface area contributed by atoms with Gasteiger partial charge < -0.3 is 19.9 Å². The first kappa shape index (κ1) is 15.9. The summed E-state index contributed by atoms with van der Waals surface area (Å²) in [6, 6.07) is -0.259. The maximum Gasteiger partial charge on any atom is 0.0929 e. The highest BCUT2D eigenvalue weighted by Gasteiger charge is 2.41. The van der Waals surface area contributed by atoms with Gasteiger partial charge in [-0.15, -0.1) is 0 Å². The van der Waals surface area contributed by atoms with Crippen LogP contribution in [0.4, 0.5) is 0 Å². The minimum atomic E-state index is -0.397. The molecule has 0 aliphatic carbocycles. The van der Waals surface area contributed by atoms with Gasteiger partial charge in [0.2, 0.25) is 0 Å². The van der Waals surface area contributed by atoms with Crippen LogP contribution in [0.3, 0.4) is 0 Å². The van der Waals surface area contributed by atoms with Gasteiger partial charge >= 0.3 is 0 Å². The Kier molecular flexibility index (Phi) is 5.57. The summed E-state index contributed by atoms with van der Waals surface area (Å²) in [4.78, 5) is 0. The van der Waals surface area contributed by atoms with Crippen LogP contribution in [0.15, 0.2) is 10.7 Å². The predicted molar refractivity (Wildman–Crippen MR) is 78.5 cm³/mol. The Morgan fingerprint density at radius 2 is 2.20 bits per heavy atom. The second-order valence-electron chi connectivity index (χ2n) is 4.95. The molecule has 1 atom stereocenters. The zero-order valence-corrected chi connectivity index (χ0v) is 13.6. The zero-order valence-electron chi connectivity index (χ0n) is 12.0. The number of halogens is 1. The van der Waals surface area contributed by atoms with Crippen molar-refractivity contribution in [3.8, 4) is 0 Å². The molecule has 114 valence electrons. The van der Waals surface area contributed by atoms with Gasteiger partial charge in [-0.2, -0.15) is 5.10 Å². The Morgan fingerprint density at radius 3 is 2.80 bits per heavy atom. The second-order valence-corrected chi connectivity index (χ2v) is 5.81. The van der Waals surface area contributed by atoms with Gasteiger partial charge in [0.1, 0.15) is 0 Å². The van der Waals surface area contributed by atoms with Crippen LogP contribution in [0.5, 0.6) is 0 Å². The van der Waals surface area contributed by atoms with Gasteiger partial charge in [0, 0.05) is 40.3 Å². The van der Waals surface area contributed by atoms with Crippen molar-refractivity contribution in [2.45, 2.75) is 31.0 Å². The van der Waals surface area contributed by atoms with E-state index in [-0.39, 0.29) is 6.04 Å². The van der Waals surface area contributed by atoms with Gasteiger partial charge in [0.15, 0.2) is 0 Å². The molecule has 2 heterocycles. The summed E-state index contributed by atoms with van der Waals surface area (Å²) in [6.07, 6.45) is 3.34. The zero-order chi connectivity index (χ0) is 14.6. The highest BCUT2D eigenvalue weighted by Crippen LogP contribution is 2.38. The van der Waals surface area contributed by atoms with Crippen LogP contribution in [0, 0.1) is 0 Å². The molecular formula is C13H22BrN3O3. The maximum absolute atomic E-state index is 6.52. The first-order valence-corrected chi connectivity index (χ1v) is 7.52. The van der Waals surface area contributed by atoms with Crippen LogP contribution in [0.25, 0.3) is 0 Å². The molecule has 1 aromatic heterocycles. The highest BCUT2D eigenvalue weighted by molar-refractivity contribution is 9.10. The third kappa shape index (κ3) is 3.07. The number of ether oxygens (including phenoxy) is 3. The predicted octanol–water partition coefficient (Wildman–Crippen LogP) is 1.49. The fourth-order valence-electron chi connectivity index (χ4n) is 2.65. The molecule has 0 saturated carbocycles. The van der Waals surface area contributed by atoms with Gasteiger partial charge in [-0.25, -0.2) is 0 Å². The van der Waals surface area contributed by atoms with Crippen LogP contribution >= 0.6 is 15.9 Å². The van der Waals surface area contributed by atoms with Gasteiger partial charge in [-0.3, -0.25) is 4.68 Å². The standard InChI is InChI=1S/C13H22BrN3O3/c1-18-8-5-17-11(10(14)9-16-17)12(15)13(19-2)3-6-20-7-4-13/h9,12H,3-8,15H2,1-2H3. The van der Waals surface area contributed by atoms with E-state index in [2.05, 4.69) is 21.0 Å². The van der Waals surface area contributed by atoms with Crippen molar-refractivity contribution in [2.75, 3.05) is 34.0 Å². The minimum absolute atomic E-state index is 0.259. The van der Waals surface area contributed by atoms with Crippen molar-refractivity contribution in [1.29, 1.82) is 0 Å². The van der Waals surface area contributed by atoms with Crippen molar-refractivity contribution in [2.24, 2.45) is 5.73 Å². The third-order valence-corrected chi connectivity index (χ3v) is 4.56. The SMILES string of the molecule is COCCn1ncc(Br)c1C(N)C1(OC)CCOCC1. The Bertz CT molecular complexity index is 432. The quantitative estimate of drug-likeness (QED) is 0.843. The van der Waals surface area contributed by atoms with Crippen molar-refractivity contribution >= 4 is 15.9 Å². The number of nitrogens with zero attached hydrogens (tertiary/aromatic N) is 2. The summed E-state index contributed by atoms with van der Waals surface area (Å²) in [6.45, 7) is 2.61. The van der Waals surface area contributed by atoms with E-state index in [4.69, 9.17) is 19.9 Å². The molecule has 2 N–H and O–H groups in total. The lowest BCUT2D eigenvalue weighted by atomic mass is 9.84. The van der Waals surface area contributed by atoms with Gasteiger partial charge in [0.05, 0.1) is 41.2 Å². The molecule has 0 radical (unpaired) electrons. The van der Waals surface area contributed by atoms with E-state index >= 15 is 0 Å². The molecule has 7 heteroatoms. The van der Waals surface area contributed by atoms with E-state index in [0.717, 1.165) is 23.0 Å². The monoisotopic (exact) mass is 347 g/mol. The molecule has 1 aliphatic rings. The molecule has 6 nitrogen and oxygen atoms in total. The Morgan fingerprint density at radius 1 is 1.50 bits per heavy atom. The molecule has 0 aromatic carbocycles. The number of rotatable bonds is 6. The molecule has 1 aromatic rings. The lowest BCUT2D eigenvalue weighted by Crippen LogP contribution is -2.48. The molecule has 1 unspecified atom stereocenters. The topological polar surface area (TPSA) is 71.5 Å². The van der Waals surface area contributed by atoms with Crippen LogP contribution in [-0.2, 0) is 20.8 Å². The first-order chi connectivity index (χ1) is 9.64. The number of methoxy groups -OCH3 is 2. The van der Waals surface area contributed by atoms with Crippen LogP contribution in [0.1, 0.15) is 24.6 Å². The molecule has 2 rings (SSSR count). The van der Waals surface area contributed by atoms with E-state index in [1.54, 1.807) is 20.4 Å². The molecule has 20 heavy (non-hydrogen) atoms. The van der Waals surface area contributed by atoms with E-state index in [0.29, 0.717) is 26.4 Å². The molecule has 0 bridgehead atoms.